The summed E-state index contributed by atoms with van der Waals surface area (Å²) in [7, 11) is 1.80. The third kappa shape index (κ3) is 5.57. The lowest BCUT2D eigenvalue weighted by atomic mass is 10.2. The molecule has 6 nitrogen and oxygen atoms in total. The molecule has 0 radical (unpaired) electrons. The second-order valence-corrected chi connectivity index (χ2v) is 7.12. The molecule has 1 saturated carbocycles. The van der Waals surface area contributed by atoms with Gasteiger partial charge in [0, 0.05) is 44.6 Å². The minimum Gasteiger partial charge on any atom is -0.381 e. The quantitative estimate of drug-likeness (QED) is 0.405. The zero-order chi connectivity index (χ0) is 19.1. The van der Waals surface area contributed by atoms with E-state index in [9.17, 15) is 0 Å². The van der Waals surface area contributed by atoms with Crippen molar-refractivity contribution >= 4 is 5.96 Å². The standard InChI is InChI=1S/C21H31N5O/c1-16-20(17(2)26(25-16)19-8-5-4-6-9-19)14-24-21(22-3)23-12-7-13-27-15-18-10-11-18/h4-6,8-9,18H,7,10-15H2,1-3H3,(H2,22,23,24). The fraction of sp³-hybridized carbons (Fsp3) is 0.524. The molecule has 27 heavy (non-hydrogen) atoms. The molecule has 1 fully saturated rings. The Morgan fingerprint density at radius 3 is 2.70 bits per heavy atom. The molecule has 6 heteroatoms. The van der Waals surface area contributed by atoms with Gasteiger partial charge in [0.2, 0.25) is 0 Å². The van der Waals surface area contributed by atoms with Crippen molar-refractivity contribution in [3.05, 3.63) is 47.3 Å². The number of nitrogens with zero attached hydrogens (tertiary/aromatic N) is 3. The number of benzene rings is 1. The topological polar surface area (TPSA) is 63.5 Å². The Morgan fingerprint density at radius 2 is 2.00 bits per heavy atom. The first kappa shape index (κ1) is 19.4. The molecular weight excluding hydrogens is 338 g/mol. The molecule has 146 valence electrons. The van der Waals surface area contributed by atoms with Crippen molar-refractivity contribution in [1.29, 1.82) is 0 Å². The van der Waals surface area contributed by atoms with Gasteiger partial charge in [0.25, 0.3) is 0 Å². The molecule has 1 aliphatic carbocycles. The third-order valence-corrected chi connectivity index (χ3v) is 4.91. The van der Waals surface area contributed by atoms with E-state index >= 15 is 0 Å². The van der Waals surface area contributed by atoms with Gasteiger partial charge in [-0.25, -0.2) is 4.68 Å². The van der Waals surface area contributed by atoms with E-state index in [4.69, 9.17) is 9.84 Å². The highest BCUT2D eigenvalue weighted by molar-refractivity contribution is 5.79. The summed E-state index contributed by atoms with van der Waals surface area (Å²) in [6.07, 6.45) is 3.67. The smallest absolute Gasteiger partial charge is 0.191 e. The maximum Gasteiger partial charge on any atom is 0.191 e. The first-order valence-corrected chi connectivity index (χ1v) is 9.82. The monoisotopic (exact) mass is 369 g/mol. The van der Waals surface area contributed by atoms with Crippen LogP contribution >= 0.6 is 0 Å². The van der Waals surface area contributed by atoms with Crippen molar-refractivity contribution in [3.8, 4) is 5.69 Å². The predicted molar refractivity (Wildman–Crippen MR) is 109 cm³/mol. The number of hydrogen-bond donors (Lipinski definition) is 2. The van der Waals surface area contributed by atoms with Crippen LogP contribution in [0.1, 0.15) is 36.2 Å². The minimum absolute atomic E-state index is 0.697. The second-order valence-electron chi connectivity index (χ2n) is 7.12. The number of aromatic nitrogens is 2. The van der Waals surface area contributed by atoms with Gasteiger partial charge >= 0.3 is 0 Å². The molecule has 0 aliphatic heterocycles. The Labute approximate surface area is 162 Å². The molecule has 1 aliphatic rings. The van der Waals surface area contributed by atoms with Crippen LogP contribution in [-0.4, -0.2) is 42.5 Å². The maximum absolute atomic E-state index is 5.67. The SMILES string of the molecule is CN=C(NCCCOCC1CC1)NCc1c(C)nn(-c2ccccc2)c1C. The second kappa shape index (κ2) is 9.55. The summed E-state index contributed by atoms with van der Waals surface area (Å²) in [6.45, 7) is 7.45. The van der Waals surface area contributed by atoms with Gasteiger partial charge < -0.3 is 15.4 Å². The Kier molecular flexibility index (Phi) is 6.87. The molecule has 0 amide bonds. The fourth-order valence-corrected chi connectivity index (χ4v) is 3.06. The Bertz CT molecular complexity index is 749. The number of rotatable bonds is 9. The van der Waals surface area contributed by atoms with E-state index in [1.54, 1.807) is 7.05 Å². The highest BCUT2D eigenvalue weighted by Crippen LogP contribution is 2.28. The van der Waals surface area contributed by atoms with Crippen LogP contribution < -0.4 is 10.6 Å². The predicted octanol–water partition coefficient (Wildman–Crippen LogP) is 2.97. The number of guanidine groups is 1. The van der Waals surface area contributed by atoms with Crippen LogP contribution in [0.2, 0.25) is 0 Å². The molecule has 0 atom stereocenters. The van der Waals surface area contributed by atoms with Crippen LogP contribution in [-0.2, 0) is 11.3 Å². The first-order chi connectivity index (χ1) is 13.2. The van der Waals surface area contributed by atoms with E-state index in [2.05, 4.69) is 41.6 Å². The zero-order valence-corrected chi connectivity index (χ0v) is 16.7. The number of ether oxygens (including phenoxy) is 1. The summed E-state index contributed by atoms with van der Waals surface area (Å²) in [6, 6.07) is 10.2. The highest BCUT2D eigenvalue weighted by Gasteiger charge is 2.20. The molecule has 2 N–H and O–H groups in total. The van der Waals surface area contributed by atoms with Crippen LogP contribution in [0.25, 0.3) is 5.69 Å². The van der Waals surface area contributed by atoms with Gasteiger partial charge in [-0.2, -0.15) is 5.10 Å². The van der Waals surface area contributed by atoms with E-state index in [0.717, 1.165) is 55.1 Å². The molecule has 3 rings (SSSR count). The Balaban J connectivity index is 1.47. The van der Waals surface area contributed by atoms with Crippen LogP contribution in [0.3, 0.4) is 0 Å². The largest absolute Gasteiger partial charge is 0.381 e. The molecule has 0 bridgehead atoms. The van der Waals surface area contributed by atoms with Crippen molar-refractivity contribution in [2.24, 2.45) is 10.9 Å². The van der Waals surface area contributed by atoms with Gasteiger partial charge in [-0.1, -0.05) is 18.2 Å². The molecule has 0 unspecified atom stereocenters. The lowest BCUT2D eigenvalue weighted by molar-refractivity contribution is 0.123. The fourth-order valence-electron chi connectivity index (χ4n) is 3.06. The maximum atomic E-state index is 5.67. The summed E-state index contributed by atoms with van der Waals surface area (Å²) in [5.41, 5.74) is 4.47. The summed E-state index contributed by atoms with van der Waals surface area (Å²) < 4.78 is 7.67. The third-order valence-electron chi connectivity index (χ3n) is 4.91. The van der Waals surface area contributed by atoms with E-state index < -0.39 is 0 Å². The summed E-state index contributed by atoms with van der Waals surface area (Å²) in [4.78, 5) is 4.31. The van der Waals surface area contributed by atoms with Crippen LogP contribution in [0.4, 0.5) is 0 Å². The number of nitrogens with one attached hydrogen (secondary N) is 2. The van der Waals surface area contributed by atoms with E-state index in [1.165, 1.54) is 18.4 Å². The minimum atomic E-state index is 0.697. The van der Waals surface area contributed by atoms with Crippen LogP contribution in [0.5, 0.6) is 0 Å². The number of para-hydroxylation sites is 1. The summed E-state index contributed by atoms with van der Waals surface area (Å²) in [5, 5.41) is 11.4. The highest BCUT2D eigenvalue weighted by atomic mass is 16.5. The molecule has 1 heterocycles. The van der Waals surface area contributed by atoms with Crippen molar-refractivity contribution < 1.29 is 4.74 Å². The van der Waals surface area contributed by atoms with Gasteiger partial charge in [-0.3, -0.25) is 4.99 Å². The lowest BCUT2D eigenvalue weighted by Crippen LogP contribution is -2.37. The molecule has 1 aromatic heterocycles. The summed E-state index contributed by atoms with van der Waals surface area (Å²) in [5.74, 6) is 1.64. The Hall–Kier alpha value is -2.34. The van der Waals surface area contributed by atoms with E-state index in [-0.39, 0.29) is 0 Å². The van der Waals surface area contributed by atoms with Gasteiger partial charge in [0.1, 0.15) is 0 Å². The van der Waals surface area contributed by atoms with E-state index in [1.807, 2.05) is 22.9 Å². The number of aryl methyl sites for hydroxylation is 1. The average molecular weight is 370 g/mol. The van der Waals surface area contributed by atoms with Crippen molar-refractivity contribution in [3.63, 3.8) is 0 Å². The van der Waals surface area contributed by atoms with Gasteiger partial charge in [-0.05, 0) is 51.2 Å². The van der Waals surface area contributed by atoms with Crippen LogP contribution in [0, 0.1) is 19.8 Å². The van der Waals surface area contributed by atoms with Crippen molar-refractivity contribution in [1.82, 2.24) is 20.4 Å². The lowest BCUT2D eigenvalue weighted by Gasteiger charge is -2.12. The molecular formula is C21H31N5O. The van der Waals surface area contributed by atoms with Crippen molar-refractivity contribution in [2.75, 3.05) is 26.8 Å². The normalized spacial score (nSPS) is 14.4. The molecule has 0 saturated heterocycles. The Morgan fingerprint density at radius 1 is 1.22 bits per heavy atom. The average Bonchev–Trinajstić information content (AvgIpc) is 3.47. The molecule has 0 spiro atoms. The summed E-state index contributed by atoms with van der Waals surface area (Å²) >= 11 is 0. The van der Waals surface area contributed by atoms with Gasteiger partial charge in [0.15, 0.2) is 5.96 Å². The van der Waals surface area contributed by atoms with E-state index in [0.29, 0.717) is 6.54 Å². The number of aliphatic imine (C=N–C) groups is 1. The van der Waals surface area contributed by atoms with Crippen LogP contribution in [0.15, 0.2) is 35.3 Å². The van der Waals surface area contributed by atoms with Gasteiger partial charge in [-0.15, -0.1) is 0 Å². The molecule has 1 aromatic carbocycles. The van der Waals surface area contributed by atoms with Gasteiger partial charge in [0.05, 0.1) is 11.4 Å². The zero-order valence-electron chi connectivity index (χ0n) is 16.7. The first-order valence-electron chi connectivity index (χ1n) is 9.82. The molecule has 2 aromatic rings. The van der Waals surface area contributed by atoms with Crippen molar-refractivity contribution in [2.45, 2.75) is 39.7 Å². The number of hydrogen-bond acceptors (Lipinski definition) is 3.